The number of rotatable bonds is 6. The first-order chi connectivity index (χ1) is 9.90. The number of halogens is 1. The van der Waals surface area contributed by atoms with Gasteiger partial charge >= 0.3 is 0 Å². The summed E-state index contributed by atoms with van der Waals surface area (Å²) in [6.45, 7) is 1.82. The first-order valence-electron chi connectivity index (χ1n) is 6.28. The third-order valence-electron chi connectivity index (χ3n) is 2.61. The van der Waals surface area contributed by atoms with Crippen molar-refractivity contribution >= 4 is 21.8 Å². The molecule has 4 nitrogen and oxygen atoms in total. The molecule has 0 saturated carbocycles. The molecule has 2 N–H and O–H groups in total. The first kappa shape index (κ1) is 18.0. The number of thioether (sulfide) groups is 1. The Morgan fingerprint density at radius 2 is 2.19 bits per heavy atom. The molecule has 1 rings (SSSR count). The maximum Gasteiger partial charge on any atom is 0.241 e. The maximum absolute atomic E-state index is 13.2. The Balaban J connectivity index is 3.02. The number of hydrogen-bond acceptors (Lipinski definition) is 4. The molecular weight excluding hydrogens is 313 g/mol. The lowest BCUT2D eigenvalue weighted by Gasteiger charge is -2.12. The van der Waals surface area contributed by atoms with Gasteiger partial charge in [-0.2, -0.15) is 11.8 Å². The van der Waals surface area contributed by atoms with Crippen LogP contribution in [0.15, 0.2) is 23.1 Å². The molecule has 1 atom stereocenters. The van der Waals surface area contributed by atoms with Gasteiger partial charge in [0.1, 0.15) is 12.4 Å². The lowest BCUT2D eigenvalue weighted by molar-refractivity contribution is 0.350. The number of hydrogen-bond donors (Lipinski definition) is 2. The standard InChI is InChI=1S/C14H18FNO3S2/c1-11(10-20-2)9-16-21(18,19)14-6-5-13(15)8-12(14)4-3-7-17/h5-6,8,11,16-17H,7,9-10H2,1-2H3. The number of nitrogens with one attached hydrogen (secondary N) is 1. The lowest BCUT2D eigenvalue weighted by atomic mass is 10.2. The van der Waals surface area contributed by atoms with Gasteiger partial charge in [-0.05, 0) is 36.1 Å². The number of aliphatic hydroxyl groups excluding tert-OH is 1. The fourth-order valence-electron chi connectivity index (χ4n) is 1.64. The summed E-state index contributed by atoms with van der Waals surface area (Å²) >= 11 is 1.64. The molecule has 0 heterocycles. The summed E-state index contributed by atoms with van der Waals surface area (Å²) < 4.78 is 40.3. The van der Waals surface area contributed by atoms with E-state index >= 15 is 0 Å². The van der Waals surface area contributed by atoms with Gasteiger partial charge in [-0.1, -0.05) is 18.8 Å². The third kappa shape index (κ3) is 5.67. The average molecular weight is 331 g/mol. The van der Waals surface area contributed by atoms with E-state index in [1.165, 1.54) is 6.07 Å². The Hall–Kier alpha value is -1.07. The van der Waals surface area contributed by atoms with Crippen molar-refractivity contribution in [1.29, 1.82) is 0 Å². The molecular formula is C14H18FNO3S2. The zero-order chi connectivity index (χ0) is 15.9. The zero-order valence-electron chi connectivity index (χ0n) is 11.9. The summed E-state index contributed by atoms with van der Waals surface area (Å²) in [5.41, 5.74) is 0.0362. The summed E-state index contributed by atoms with van der Waals surface area (Å²) in [4.78, 5) is -0.0822. The summed E-state index contributed by atoms with van der Waals surface area (Å²) in [5.74, 6) is 5.23. The van der Waals surface area contributed by atoms with Crippen LogP contribution in [0.1, 0.15) is 12.5 Å². The van der Waals surface area contributed by atoms with Gasteiger partial charge in [-0.25, -0.2) is 17.5 Å². The molecule has 21 heavy (non-hydrogen) atoms. The van der Waals surface area contributed by atoms with Crippen LogP contribution in [-0.4, -0.2) is 38.7 Å². The molecule has 0 fully saturated rings. The van der Waals surface area contributed by atoms with Crippen molar-refractivity contribution in [1.82, 2.24) is 4.72 Å². The Bertz CT molecular complexity index is 635. The molecule has 0 bridgehead atoms. The van der Waals surface area contributed by atoms with E-state index in [0.717, 1.165) is 17.9 Å². The van der Waals surface area contributed by atoms with Gasteiger partial charge in [-0.15, -0.1) is 0 Å². The first-order valence-corrected chi connectivity index (χ1v) is 9.16. The molecule has 1 aromatic carbocycles. The van der Waals surface area contributed by atoms with Crippen LogP contribution in [0.4, 0.5) is 4.39 Å². The lowest BCUT2D eigenvalue weighted by Crippen LogP contribution is -2.29. The molecule has 0 aliphatic carbocycles. The third-order valence-corrected chi connectivity index (χ3v) is 4.99. The minimum atomic E-state index is -3.76. The highest BCUT2D eigenvalue weighted by atomic mass is 32.2. The Kier molecular flexibility index (Phi) is 7.18. The smallest absolute Gasteiger partial charge is 0.241 e. The van der Waals surface area contributed by atoms with Gasteiger partial charge in [0, 0.05) is 12.1 Å². The largest absolute Gasteiger partial charge is 0.384 e. The molecule has 0 saturated heterocycles. The average Bonchev–Trinajstić information content (AvgIpc) is 2.43. The monoisotopic (exact) mass is 331 g/mol. The fourth-order valence-corrected chi connectivity index (χ4v) is 3.64. The van der Waals surface area contributed by atoms with E-state index in [1.54, 1.807) is 11.8 Å². The van der Waals surface area contributed by atoms with Gasteiger partial charge in [0.05, 0.1) is 4.90 Å². The van der Waals surface area contributed by atoms with Gasteiger partial charge < -0.3 is 5.11 Å². The number of benzene rings is 1. The van der Waals surface area contributed by atoms with E-state index in [4.69, 9.17) is 5.11 Å². The highest BCUT2D eigenvalue weighted by Crippen LogP contribution is 2.16. The van der Waals surface area contributed by atoms with E-state index in [-0.39, 0.29) is 16.4 Å². The molecule has 0 amide bonds. The van der Waals surface area contributed by atoms with E-state index in [0.29, 0.717) is 6.54 Å². The molecule has 7 heteroatoms. The van der Waals surface area contributed by atoms with Gasteiger partial charge in [-0.3, -0.25) is 0 Å². The quantitative estimate of drug-likeness (QED) is 0.774. The molecule has 0 aliphatic rings. The second-order valence-electron chi connectivity index (χ2n) is 4.51. The summed E-state index contributed by atoms with van der Waals surface area (Å²) in [6.07, 6.45) is 1.95. The summed E-state index contributed by atoms with van der Waals surface area (Å²) in [6, 6.07) is 3.30. The van der Waals surface area contributed by atoms with Crippen LogP contribution in [0.2, 0.25) is 0 Å². The molecule has 0 aliphatic heterocycles. The van der Waals surface area contributed by atoms with E-state index in [1.807, 2.05) is 13.2 Å². The fraction of sp³-hybridized carbons (Fsp3) is 0.429. The Labute approximate surface area is 129 Å². The second-order valence-corrected chi connectivity index (χ2v) is 7.16. The highest BCUT2D eigenvalue weighted by Gasteiger charge is 2.19. The van der Waals surface area contributed by atoms with Crippen LogP contribution < -0.4 is 4.72 Å². The summed E-state index contributed by atoms with van der Waals surface area (Å²) in [7, 11) is -3.76. The molecule has 1 aromatic rings. The normalized spacial score (nSPS) is 12.6. The van der Waals surface area contributed by atoms with Crippen LogP contribution in [0.25, 0.3) is 0 Å². The molecule has 116 valence electrons. The highest BCUT2D eigenvalue weighted by molar-refractivity contribution is 7.98. The maximum atomic E-state index is 13.2. The van der Waals surface area contributed by atoms with Crippen molar-refractivity contribution < 1.29 is 17.9 Å². The number of sulfonamides is 1. The van der Waals surface area contributed by atoms with Crippen LogP contribution >= 0.6 is 11.8 Å². The minimum Gasteiger partial charge on any atom is -0.384 e. The van der Waals surface area contributed by atoms with Crippen molar-refractivity contribution in [2.24, 2.45) is 5.92 Å². The topological polar surface area (TPSA) is 66.4 Å². The van der Waals surface area contributed by atoms with Gasteiger partial charge in [0.25, 0.3) is 0 Å². The Morgan fingerprint density at radius 3 is 2.81 bits per heavy atom. The van der Waals surface area contributed by atoms with Gasteiger partial charge in [0.15, 0.2) is 0 Å². The van der Waals surface area contributed by atoms with E-state index in [2.05, 4.69) is 16.6 Å². The van der Waals surface area contributed by atoms with Crippen molar-refractivity contribution in [2.45, 2.75) is 11.8 Å². The van der Waals surface area contributed by atoms with Crippen LogP contribution in [0.3, 0.4) is 0 Å². The van der Waals surface area contributed by atoms with Crippen LogP contribution in [0.5, 0.6) is 0 Å². The summed E-state index contributed by atoms with van der Waals surface area (Å²) in [5, 5.41) is 8.69. The van der Waals surface area contributed by atoms with E-state index in [9.17, 15) is 12.8 Å². The van der Waals surface area contributed by atoms with Crippen LogP contribution in [-0.2, 0) is 10.0 Å². The van der Waals surface area contributed by atoms with Crippen molar-refractivity contribution in [3.8, 4) is 11.8 Å². The Morgan fingerprint density at radius 1 is 1.48 bits per heavy atom. The minimum absolute atomic E-state index is 0.0362. The van der Waals surface area contributed by atoms with E-state index < -0.39 is 22.4 Å². The molecule has 0 radical (unpaired) electrons. The van der Waals surface area contributed by atoms with Crippen LogP contribution in [0, 0.1) is 23.6 Å². The predicted octanol–water partition coefficient (Wildman–Crippen LogP) is 1.45. The number of aliphatic hydroxyl groups is 1. The molecule has 1 unspecified atom stereocenters. The van der Waals surface area contributed by atoms with Gasteiger partial charge in [0.2, 0.25) is 10.0 Å². The second kappa shape index (κ2) is 8.39. The molecule has 0 aromatic heterocycles. The molecule has 0 spiro atoms. The predicted molar refractivity (Wildman–Crippen MR) is 83.1 cm³/mol. The SMILES string of the molecule is CSCC(C)CNS(=O)(=O)c1ccc(F)cc1C#CCO. The zero-order valence-corrected chi connectivity index (χ0v) is 13.5. The van der Waals surface area contributed by atoms with Crippen molar-refractivity contribution in [3.63, 3.8) is 0 Å². The van der Waals surface area contributed by atoms with Crippen molar-refractivity contribution in [3.05, 3.63) is 29.6 Å². The van der Waals surface area contributed by atoms with Crippen molar-refractivity contribution in [2.75, 3.05) is 25.2 Å².